The number of amides is 5. The quantitative estimate of drug-likeness (QED) is 0.0196. The Morgan fingerprint density at radius 2 is 0.843 bits per heavy atom. The maximum atomic E-state index is 12.4. The van der Waals surface area contributed by atoms with Gasteiger partial charge >= 0.3 is 72.0 Å². The molecule has 5 saturated heterocycles. The number of aromatic amines is 2. The Bertz CT molecular complexity index is 5990. The van der Waals surface area contributed by atoms with Crippen LogP contribution in [0.25, 0.3) is 72.4 Å². The molecule has 14 heterocycles. The number of nitriles is 5. The number of aliphatic hydroxyl groups excluding tert-OH is 1. The first-order chi connectivity index (χ1) is 64.9. The molecule has 0 radical (unpaired) electrons. The summed E-state index contributed by atoms with van der Waals surface area (Å²) in [6.45, 7) is 45.9. The second-order valence-corrected chi connectivity index (χ2v) is 42.1. The van der Waals surface area contributed by atoms with E-state index in [0.717, 1.165) is 67.8 Å². The van der Waals surface area contributed by atoms with Gasteiger partial charge in [0.2, 0.25) is 7.37 Å². The second-order valence-electron chi connectivity index (χ2n) is 39.5. The third-order valence-corrected chi connectivity index (χ3v) is 21.1. The number of hydrogen-bond acceptors (Lipinski definition) is 33. The molecule has 45 nitrogen and oxygen atoms in total. The van der Waals surface area contributed by atoms with Crippen molar-refractivity contribution in [3.63, 3.8) is 0 Å². The number of nitrogens with zero attached hydrogens (tertiary/aromatic N) is 23. The molecule has 9 aromatic heterocycles. The predicted octanol–water partition coefficient (Wildman–Crippen LogP) is 11.4. The maximum Gasteiger partial charge on any atom is 1.00 e. The van der Waals surface area contributed by atoms with E-state index in [-0.39, 0.29) is 111 Å². The third-order valence-electron chi connectivity index (χ3n) is 19.6. The molecule has 748 valence electrons. The van der Waals surface area contributed by atoms with Crippen LogP contribution in [0.1, 0.15) is 165 Å². The number of nitrogens with one attached hydrogen (secondary N) is 3. The van der Waals surface area contributed by atoms with E-state index in [1.165, 1.54) is 23.7 Å². The van der Waals surface area contributed by atoms with Gasteiger partial charge in [0, 0.05) is 139 Å². The summed E-state index contributed by atoms with van der Waals surface area (Å²) < 4.78 is 59.7. The zero-order valence-electron chi connectivity index (χ0n) is 84.2. The van der Waals surface area contributed by atoms with Gasteiger partial charge in [0.05, 0.1) is 137 Å². The molecule has 0 spiro atoms. The summed E-state index contributed by atoms with van der Waals surface area (Å²) in [5, 5.41) is 100.0. The standard InChI is InChI=1S/C25H31N7O4.C19H21N7O2.C15H17N5O2.2C10H14N2O2.C8H13NO3.C5H10NO2P.CH4O.H2NO.Na/c1-23(2,3)21(33)35-16-30-10-7-18-19(12-27-29-20(18)30)17-11-28-32(13-17)25(8-9-26)14-31(15-25)22(34)36-24(4,5)6;1-18(2,3)28-17(27)25-11-19(12-25,5-6-20)26-10-13(8-23-26)15-9-22-24-16-14(15)4-7-21-16;1-15(2,3)14(21)22-9-20-5-4-11-12(8-18-19-13(11)20)10-6-16-17-7-10;2*1-10(2,3)14-9(13)12-6-8(7-12)4-5-11;1-8(2,3)12-7(11)9-4-6(10)5-9;1-3-8-9(2,7)5-4-6;2*1-2;/h7,10-13H,8,14-16H2,1-6H3;4,7-10H,5,11-12H2,1-3H3,(H,21,24);4-8H,9H2,1-3H3,(H,16,17);2*4H,6-7H2,1-3H3;4-5H2,1-3H3;3,5H2,1-2H3;2H,1H3;1-2H;/q;;;;;;;;-1;+1. The van der Waals surface area contributed by atoms with Crippen molar-refractivity contribution in [3.8, 4) is 63.7 Å². The SMILES string of the molecule is CC(C)(C)C(=O)OCn1ccc2c(-c3cn[nH]c3)cnnc21.CC(C)(C)OC(=O)N1CC(=CC#N)C1.CC(C)(C)OC(=O)N1CC(=CC#N)C1.CC(C)(C)OC(=O)N1CC(=O)C1.CC(C)(C)OC(=O)N1CC(CC#N)(n2cc(-c3cnnc4[nH]ccc34)cn2)C1.CC(C)(C)OC(=O)N1CC(CC#N)(n2cc(-c3cnnc4c3ccn4COC(=O)C(C)(C)C)cn2)C1.CCOP(C)(=O)CC#N.CO.[NH-]O.[Na+]. The van der Waals surface area contributed by atoms with Crippen molar-refractivity contribution in [1.29, 1.82) is 26.3 Å². The Labute approximate surface area is 835 Å². The van der Waals surface area contributed by atoms with E-state index >= 15 is 0 Å². The Kier molecular flexibility index (Phi) is 42.1. The molecule has 0 bridgehead atoms. The van der Waals surface area contributed by atoms with Crippen LogP contribution in [0.4, 0.5) is 24.0 Å². The van der Waals surface area contributed by atoms with Gasteiger partial charge in [-0.15, -0.1) is 15.3 Å². The number of ketones is 1. The molecule has 5 N–H and O–H groups in total. The van der Waals surface area contributed by atoms with Gasteiger partial charge in [-0.25, -0.2) is 24.0 Å². The maximum absolute atomic E-state index is 12.4. The molecule has 1 unspecified atom stereocenters. The second kappa shape index (κ2) is 50.3. The Morgan fingerprint density at radius 3 is 1.16 bits per heavy atom. The fourth-order valence-corrected chi connectivity index (χ4v) is 13.8. The molecule has 0 saturated carbocycles. The van der Waals surface area contributed by atoms with Crippen LogP contribution in [0.3, 0.4) is 0 Å². The van der Waals surface area contributed by atoms with Crippen molar-refractivity contribution in [2.24, 2.45) is 10.8 Å². The van der Waals surface area contributed by atoms with Crippen LogP contribution < -0.4 is 29.6 Å². The van der Waals surface area contributed by atoms with E-state index in [2.05, 4.69) is 68.1 Å². The fraction of sp³-hybridized carbons (Fsp3) is 0.527. The number of esters is 2. The van der Waals surface area contributed by atoms with E-state index in [1.807, 2.05) is 159 Å². The first kappa shape index (κ1) is 117. The molecule has 5 fully saturated rings. The van der Waals surface area contributed by atoms with Crippen molar-refractivity contribution < 1.29 is 120 Å². The summed E-state index contributed by atoms with van der Waals surface area (Å²) >= 11 is 0. The van der Waals surface area contributed by atoms with E-state index < -0.39 is 69.5 Å². The molecular formula is C93H126N26NaO19P. The van der Waals surface area contributed by atoms with E-state index in [4.69, 9.17) is 69.7 Å². The zero-order valence-corrected chi connectivity index (χ0v) is 87.1. The number of carbonyl (C=O) groups excluding carboxylic acids is 8. The van der Waals surface area contributed by atoms with Crippen molar-refractivity contribution in [3.05, 3.63) is 122 Å². The van der Waals surface area contributed by atoms with Gasteiger partial charge < -0.3 is 78.5 Å². The molecular weight excluding hydrogens is 1840 g/mol. The summed E-state index contributed by atoms with van der Waals surface area (Å²) in [5.41, 5.74) is 4.31. The Balaban J connectivity index is 0.000000299. The predicted molar refractivity (Wildman–Crippen MR) is 508 cm³/mol. The average molecular weight is 1970 g/mol. The Morgan fingerprint density at radius 1 is 0.493 bits per heavy atom. The summed E-state index contributed by atoms with van der Waals surface area (Å²) in [5.74, 6) is 4.27. The summed E-state index contributed by atoms with van der Waals surface area (Å²) in [4.78, 5) is 104. The van der Waals surface area contributed by atoms with Crippen molar-refractivity contribution in [2.45, 2.75) is 218 Å². The molecule has 14 rings (SSSR count). The number of rotatable bonds is 14. The van der Waals surface area contributed by atoms with E-state index in [9.17, 15) is 53.4 Å². The Hall–Kier alpha value is -13.6. The number of hydrogen-bond donors (Lipinski definition) is 4. The minimum absolute atomic E-state index is 0. The van der Waals surface area contributed by atoms with Gasteiger partial charge in [0.1, 0.15) is 45.2 Å². The van der Waals surface area contributed by atoms with Crippen LogP contribution in [0, 0.1) is 67.5 Å². The number of ether oxygens (including phenoxy) is 7. The van der Waals surface area contributed by atoms with E-state index in [0.29, 0.717) is 75.9 Å². The van der Waals surface area contributed by atoms with Crippen LogP contribution in [0.15, 0.2) is 116 Å². The van der Waals surface area contributed by atoms with Crippen LogP contribution in [0.2, 0.25) is 0 Å². The van der Waals surface area contributed by atoms with Crippen LogP contribution in [-0.2, 0) is 81.2 Å². The van der Waals surface area contributed by atoms with Crippen molar-refractivity contribution >= 4 is 88.7 Å². The van der Waals surface area contributed by atoms with Gasteiger partial charge in [0.15, 0.2) is 36.2 Å². The number of likely N-dealkylation sites (tertiary alicyclic amines) is 5. The average Bonchev–Trinajstić information content (AvgIpc) is 1.58. The van der Waals surface area contributed by atoms with Crippen LogP contribution in [0.5, 0.6) is 0 Å². The van der Waals surface area contributed by atoms with Gasteiger partial charge in [-0.3, -0.25) is 47.4 Å². The fourth-order valence-electron chi connectivity index (χ4n) is 13.0. The molecule has 0 aromatic carbocycles. The first-order valence-corrected chi connectivity index (χ1v) is 46.1. The number of aromatic nitrogens is 15. The normalized spacial score (nSPS) is 14.7. The number of H-pyrrole nitrogens is 2. The van der Waals surface area contributed by atoms with E-state index in [1.54, 1.807) is 142 Å². The molecule has 5 aliphatic rings. The largest absolute Gasteiger partial charge is 1.00 e. The smallest absolute Gasteiger partial charge is 0.553 e. The first-order valence-electron chi connectivity index (χ1n) is 43.9. The van der Waals surface area contributed by atoms with Gasteiger partial charge in [-0.05, 0) is 182 Å². The van der Waals surface area contributed by atoms with Crippen molar-refractivity contribution in [2.75, 3.05) is 92.0 Å². The number of Topliss-reactive ketones (excluding diaryl/α,β-unsaturated/α-hetero) is 1. The third kappa shape index (κ3) is 34.5. The molecule has 1 atom stereocenters. The summed E-state index contributed by atoms with van der Waals surface area (Å²) in [6.07, 6.45) is 22.8. The number of fused-ring (bicyclic) bond motifs is 3. The topological polar surface area (TPSA) is 594 Å². The molecule has 5 amide bonds. The minimum Gasteiger partial charge on any atom is -0.553 e. The molecule has 140 heavy (non-hydrogen) atoms. The molecule has 0 aliphatic carbocycles. The van der Waals surface area contributed by atoms with Gasteiger partial charge in [-0.2, -0.15) is 56.9 Å². The van der Waals surface area contributed by atoms with Gasteiger partial charge in [-0.1, -0.05) is 0 Å². The zero-order chi connectivity index (χ0) is 104. The summed E-state index contributed by atoms with van der Waals surface area (Å²) in [6, 6.07) is 15.9. The number of allylic oxidation sites excluding steroid dienone is 2. The van der Waals surface area contributed by atoms with Crippen molar-refractivity contribution in [1.82, 2.24) is 99.0 Å². The monoisotopic (exact) mass is 1960 g/mol. The number of aliphatic hydroxyl groups is 1. The van der Waals surface area contributed by atoms with Crippen LogP contribution >= 0.6 is 7.37 Å². The molecule has 9 aromatic rings. The minimum atomic E-state index is -2.55. The summed E-state index contributed by atoms with van der Waals surface area (Å²) in [7, 11) is -1.55. The van der Waals surface area contributed by atoms with Crippen LogP contribution in [-0.4, -0.2) is 277 Å². The number of carbonyl (C=O) groups is 8. The molecule has 5 aliphatic heterocycles. The van der Waals surface area contributed by atoms with Gasteiger partial charge in [0.25, 0.3) is 0 Å². The molecule has 47 heteroatoms.